The van der Waals surface area contributed by atoms with Crippen molar-refractivity contribution in [1.82, 2.24) is 9.97 Å². The molecule has 1 atom stereocenters. The van der Waals surface area contributed by atoms with Crippen LogP contribution >= 0.6 is 11.6 Å². The summed E-state index contributed by atoms with van der Waals surface area (Å²) in [6, 6.07) is 14.8. The van der Waals surface area contributed by atoms with E-state index in [-0.39, 0.29) is 6.54 Å². The van der Waals surface area contributed by atoms with Crippen LogP contribution in [-0.4, -0.2) is 37.7 Å². The van der Waals surface area contributed by atoms with Crippen molar-refractivity contribution in [2.45, 2.75) is 11.8 Å². The highest BCUT2D eigenvalue weighted by molar-refractivity contribution is 7.91. The molecular weight excluding hydrogens is 426 g/mol. The Bertz CT molecular complexity index is 1110. The standard InChI is InChI=1S/C21H20ClN3O4S/c1-29-17-9-7-16(8-10-17)20(30(2,27)28)21(26)25(19-5-3-4-12-23-19)14-15-6-11-18(22)24-13-15/h3-13,20H,14H2,1-2H3. The Morgan fingerprint density at radius 1 is 1.10 bits per heavy atom. The zero-order valence-corrected chi connectivity index (χ0v) is 18.0. The predicted molar refractivity (Wildman–Crippen MR) is 115 cm³/mol. The molecule has 3 rings (SSSR count). The fourth-order valence-electron chi connectivity index (χ4n) is 2.96. The lowest BCUT2D eigenvalue weighted by Gasteiger charge is -2.26. The minimum atomic E-state index is -3.79. The number of rotatable bonds is 7. The molecule has 2 heterocycles. The van der Waals surface area contributed by atoms with Crippen LogP contribution in [0.25, 0.3) is 0 Å². The fourth-order valence-corrected chi connectivity index (χ4v) is 4.22. The van der Waals surface area contributed by atoms with Crippen LogP contribution in [0.5, 0.6) is 5.75 Å². The Hall–Kier alpha value is -2.97. The normalized spacial score (nSPS) is 12.2. The third-order valence-electron chi connectivity index (χ3n) is 4.39. The highest BCUT2D eigenvalue weighted by Gasteiger charge is 2.35. The monoisotopic (exact) mass is 445 g/mol. The van der Waals surface area contributed by atoms with Gasteiger partial charge in [0.05, 0.1) is 13.7 Å². The van der Waals surface area contributed by atoms with E-state index in [1.165, 1.54) is 18.2 Å². The first-order valence-corrected chi connectivity index (χ1v) is 11.3. The van der Waals surface area contributed by atoms with Crippen LogP contribution < -0.4 is 9.64 Å². The van der Waals surface area contributed by atoms with Crippen molar-refractivity contribution in [3.8, 4) is 5.75 Å². The zero-order chi connectivity index (χ0) is 21.7. The summed E-state index contributed by atoms with van der Waals surface area (Å²) in [6.45, 7) is 0.0855. The number of anilines is 1. The van der Waals surface area contributed by atoms with Gasteiger partial charge in [-0.25, -0.2) is 18.4 Å². The Morgan fingerprint density at radius 2 is 1.83 bits per heavy atom. The van der Waals surface area contributed by atoms with E-state index >= 15 is 0 Å². The summed E-state index contributed by atoms with van der Waals surface area (Å²) in [4.78, 5) is 23.2. The van der Waals surface area contributed by atoms with E-state index in [1.54, 1.807) is 60.8 Å². The second-order valence-electron chi connectivity index (χ2n) is 6.58. The van der Waals surface area contributed by atoms with E-state index in [0.29, 0.717) is 27.8 Å². The van der Waals surface area contributed by atoms with E-state index < -0.39 is 21.0 Å². The van der Waals surface area contributed by atoms with Crippen LogP contribution in [0.15, 0.2) is 67.0 Å². The van der Waals surface area contributed by atoms with Crippen molar-refractivity contribution in [3.05, 3.63) is 83.3 Å². The molecule has 3 aromatic rings. The van der Waals surface area contributed by atoms with Gasteiger partial charge in [-0.3, -0.25) is 9.69 Å². The first-order valence-electron chi connectivity index (χ1n) is 8.95. The maximum Gasteiger partial charge on any atom is 0.251 e. The van der Waals surface area contributed by atoms with Gasteiger partial charge in [-0.15, -0.1) is 0 Å². The van der Waals surface area contributed by atoms with Gasteiger partial charge in [0.2, 0.25) is 0 Å². The maximum absolute atomic E-state index is 13.5. The number of carbonyl (C=O) groups excluding carboxylic acids is 1. The topological polar surface area (TPSA) is 89.5 Å². The molecule has 0 fully saturated rings. The highest BCUT2D eigenvalue weighted by Crippen LogP contribution is 2.29. The minimum Gasteiger partial charge on any atom is -0.497 e. The van der Waals surface area contributed by atoms with Crippen LogP contribution in [0, 0.1) is 0 Å². The van der Waals surface area contributed by atoms with Crippen molar-refractivity contribution in [2.75, 3.05) is 18.3 Å². The molecule has 1 aromatic carbocycles. The van der Waals surface area contributed by atoms with Crippen LogP contribution in [0.3, 0.4) is 0 Å². The zero-order valence-electron chi connectivity index (χ0n) is 16.4. The maximum atomic E-state index is 13.5. The van der Waals surface area contributed by atoms with Gasteiger partial charge < -0.3 is 4.74 Å². The van der Waals surface area contributed by atoms with Gasteiger partial charge in [0.1, 0.15) is 16.7 Å². The van der Waals surface area contributed by atoms with E-state index in [9.17, 15) is 13.2 Å². The molecule has 7 nitrogen and oxygen atoms in total. The summed E-state index contributed by atoms with van der Waals surface area (Å²) in [7, 11) is -2.27. The number of halogens is 1. The smallest absolute Gasteiger partial charge is 0.251 e. The molecule has 30 heavy (non-hydrogen) atoms. The van der Waals surface area contributed by atoms with Gasteiger partial charge >= 0.3 is 0 Å². The summed E-state index contributed by atoms with van der Waals surface area (Å²) in [5, 5.41) is -1.08. The van der Waals surface area contributed by atoms with Crippen molar-refractivity contribution >= 4 is 33.2 Å². The third kappa shape index (κ3) is 5.14. The van der Waals surface area contributed by atoms with Crippen LogP contribution in [-0.2, 0) is 21.2 Å². The molecule has 0 bridgehead atoms. The quantitative estimate of drug-likeness (QED) is 0.517. The number of hydrogen-bond donors (Lipinski definition) is 0. The van der Waals surface area contributed by atoms with Gasteiger partial charge in [0, 0.05) is 18.6 Å². The summed E-state index contributed by atoms with van der Waals surface area (Å²) in [5.74, 6) is 0.281. The SMILES string of the molecule is COc1ccc(C(C(=O)N(Cc2ccc(Cl)nc2)c2ccccn2)S(C)(=O)=O)cc1. The Labute approximate surface area is 180 Å². The van der Waals surface area contributed by atoms with Crippen molar-refractivity contribution in [3.63, 3.8) is 0 Å². The molecule has 0 saturated carbocycles. The second-order valence-corrected chi connectivity index (χ2v) is 9.10. The van der Waals surface area contributed by atoms with Crippen molar-refractivity contribution in [2.24, 2.45) is 0 Å². The lowest BCUT2D eigenvalue weighted by molar-refractivity contribution is -0.118. The number of pyridine rings is 2. The molecule has 9 heteroatoms. The van der Waals surface area contributed by atoms with Crippen LogP contribution in [0.1, 0.15) is 16.4 Å². The van der Waals surface area contributed by atoms with E-state index in [2.05, 4.69) is 9.97 Å². The summed E-state index contributed by atoms with van der Waals surface area (Å²) < 4.78 is 30.4. The second kappa shape index (κ2) is 9.23. The Kier molecular flexibility index (Phi) is 6.69. The minimum absolute atomic E-state index is 0.0855. The summed E-state index contributed by atoms with van der Waals surface area (Å²) >= 11 is 5.85. The molecule has 1 amide bonds. The number of hydrogen-bond acceptors (Lipinski definition) is 6. The van der Waals surface area contributed by atoms with Crippen LogP contribution in [0.4, 0.5) is 5.82 Å². The molecule has 0 radical (unpaired) electrons. The largest absolute Gasteiger partial charge is 0.497 e. The first-order chi connectivity index (χ1) is 14.3. The Morgan fingerprint density at radius 3 is 2.37 bits per heavy atom. The van der Waals surface area contributed by atoms with Gasteiger partial charge in [-0.2, -0.15) is 0 Å². The average Bonchev–Trinajstić information content (AvgIpc) is 2.73. The van der Waals surface area contributed by atoms with E-state index in [0.717, 1.165) is 6.26 Å². The third-order valence-corrected chi connectivity index (χ3v) is 5.95. The van der Waals surface area contributed by atoms with E-state index in [1.807, 2.05) is 0 Å². The van der Waals surface area contributed by atoms with Gasteiger partial charge in [0.25, 0.3) is 5.91 Å². The number of aromatic nitrogens is 2. The lowest BCUT2D eigenvalue weighted by atomic mass is 10.1. The van der Waals surface area contributed by atoms with Crippen molar-refractivity contribution < 1.29 is 17.9 Å². The molecule has 1 unspecified atom stereocenters. The molecule has 0 N–H and O–H groups in total. The molecule has 2 aromatic heterocycles. The number of ether oxygens (including phenoxy) is 1. The Balaban J connectivity index is 2.04. The molecule has 0 spiro atoms. The van der Waals surface area contributed by atoms with Crippen molar-refractivity contribution in [1.29, 1.82) is 0 Å². The number of benzene rings is 1. The van der Waals surface area contributed by atoms with Gasteiger partial charge in [0.15, 0.2) is 15.1 Å². The number of amides is 1. The number of nitrogens with zero attached hydrogens (tertiary/aromatic N) is 3. The first kappa shape index (κ1) is 21.7. The summed E-state index contributed by atoms with van der Waals surface area (Å²) in [6.07, 6.45) is 4.12. The lowest BCUT2D eigenvalue weighted by Crippen LogP contribution is -2.38. The predicted octanol–water partition coefficient (Wildman–Crippen LogP) is 3.46. The average molecular weight is 446 g/mol. The number of carbonyl (C=O) groups is 1. The fraction of sp³-hybridized carbons (Fsp3) is 0.190. The summed E-state index contributed by atoms with van der Waals surface area (Å²) in [5.41, 5.74) is 1.03. The molecule has 156 valence electrons. The van der Waals surface area contributed by atoms with Gasteiger partial charge in [-0.05, 0) is 41.5 Å². The molecule has 0 saturated heterocycles. The van der Waals surface area contributed by atoms with Crippen LogP contribution in [0.2, 0.25) is 5.15 Å². The molecule has 0 aliphatic heterocycles. The van der Waals surface area contributed by atoms with E-state index in [4.69, 9.17) is 16.3 Å². The van der Waals surface area contributed by atoms with Gasteiger partial charge in [-0.1, -0.05) is 35.9 Å². The number of sulfone groups is 1. The molecular formula is C21H20ClN3O4S. The number of methoxy groups -OCH3 is 1. The molecule has 0 aliphatic carbocycles. The highest BCUT2D eigenvalue weighted by atomic mass is 35.5. The molecule has 0 aliphatic rings.